The molecule has 0 bridgehead atoms. The maximum absolute atomic E-state index is 11.7. The number of hydrogen-bond donors (Lipinski definition) is 1. The minimum Gasteiger partial charge on any atom is -0.326 e. The fourth-order valence-corrected chi connectivity index (χ4v) is 2.58. The summed E-state index contributed by atoms with van der Waals surface area (Å²) in [5.41, 5.74) is 1.35. The van der Waals surface area contributed by atoms with Crippen LogP contribution in [0.3, 0.4) is 0 Å². The Morgan fingerprint density at radius 2 is 1.95 bits per heavy atom. The van der Waals surface area contributed by atoms with Crippen LogP contribution in [-0.2, 0) is 4.79 Å². The molecule has 0 saturated carbocycles. The van der Waals surface area contributed by atoms with Gasteiger partial charge in [0.05, 0.1) is 11.6 Å². The van der Waals surface area contributed by atoms with Crippen molar-refractivity contribution in [1.29, 1.82) is 5.26 Å². The molecule has 0 spiro atoms. The van der Waals surface area contributed by atoms with Crippen molar-refractivity contribution in [3.8, 4) is 6.07 Å². The fraction of sp³-hybridized carbons (Fsp3) is 0.467. The van der Waals surface area contributed by atoms with E-state index in [2.05, 4.69) is 18.3 Å². The highest BCUT2D eigenvalue weighted by atomic mass is 32.2. The molecule has 0 heterocycles. The van der Waals surface area contributed by atoms with Gasteiger partial charge in [-0.2, -0.15) is 17.0 Å². The topological polar surface area (TPSA) is 52.9 Å². The van der Waals surface area contributed by atoms with Crippen LogP contribution in [0, 0.1) is 11.3 Å². The van der Waals surface area contributed by atoms with Crippen LogP contribution >= 0.6 is 11.8 Å². The lowest BCUT2D eigenvalue weighted by Gasteiger charge is -2.05. The highest BCUT2D eigenvalue weighted by molar-refractivity contribution is 7.99. The maximum atomic E-state index is 11.7. The van der Waals surface area contributed by atoms with E-state index in [1.165, 1.54) is 18.6 Å². The second kappa shape index (κ2) is 9.46. The summed E-state index contributed by atoms with van der Waals surface area (Å²) >= 11 is 1.92. The van der Waals surface area contributed by atoms with E-state index in [0.29, 0.717) is 12.0 Å². The Bertz CT molecular complexity index is 423. The van der Waals surface area contributed by atoms with Crippen molar-refractivity contribution < 1.29 is 4.79 Å². The number of unbranched alkanes of at least 4 members (excludes halogenated alkanes) is 1. The average Bonchev–Trinajstić information content (AvgIpc) is 2.43. The van der Waals surface area contributed by atoms with E-state index >= 15 is 0 Å². The summed E-state index contributed by atoms with van der Waals surface area (Å²) in [6.07, 6.45) is 3.95. The lowest BCUT2D eigenvalue weighted by Crippen LogP contribution is -2.11. The first kappa shape index (κ1) is 15.6. The van der Waals surface area contributed by atoms with Crippen molar-refractivity contribution in [1.82, 2.24) is 0 Å². The summed E-state index contributed by atoms with van der Waals surface area (Å²) in [6, 6.07) is 8.97. The molecule has 0 atom stereocenters. The minimum atomic E-state index is 0.0424. The van der Waals surface area contributed by atoms with Gasteiger partial charge < -0.3 is 5.32 Å². The zero-order valence-corrected chi connectivity index (χ0v) is 12.1. The van der Waals surface area contributed by atoms with E-state index in [-0.39, 0.29) is 5.91 Å². The van der Waals surface area contributed by atoms with E-state index in [9.17, 15) is 4.79 Å². The van der Waals surface area contributed by atoms with Crippen molar-refractivity contribution in [2.75, 3.05) is 16.8 Å². The van der Waals surface area contributed by atoms with Crippen LogP contribution in [0.1, 0.15) is 38.2 Å². The molecule has 1 aromatic rings. The van der Waals surface area contributed by atoms with Crippen LogP contribution in [0.5, 0.6) is 0 Å². The molecule has 1 N–H and O–H groups in total. The quantitative estimate of drug-likeness (QED) is 0.734. The average molecular weight is 276 g/mol. The normalized spacial score (nSPS) is 9.89. The Hall–Kier alpha value is -1.47. The first-order chi connectivity index (χ1) is 9.26. The van der Waals surface area contributed by atoms with Crippen LogP contribution < -0.4 is 5.32 Å². The smallest absolute Gasteiger partial charge is 0.224 e. The monoisotopic (exact) mass is 276 g/mol. The summed E-state index contributed by atoms with van der Waals surface area (Å²) in [6.45, 7) is 2.19. The Morgan fingerprint density at radius 3 is 2.58 bits per heavy atom. The zero-order chi connectivity index (χ0) is 13.9. The van der Waals surface area contributed by atoms with Gasteiger partial charge >= 0.3 is 0 Å². The molecule has 0 aromatic heterocycles. The van der Waals surface area contributed by atoms with Crippen molar-refractivity contribution in [2.45, 2.75) is 32.6 Å². The van der Waals surface area contributed by atoms with Crippen molar-refractivity contribution in [3.63, 3.8) is 0 Å². The fourth-order valence-electron chi connectivity index (χ4n) is 1.53. The predicted octanol–water partition coefficient (Wildman–Crippen LogP) is 3.81. The van der Waals surface area contributed by atoms with Crippen LogP contribution in [0.15, 0.2) is 24.3 Å². The van der Waals surface area contributed by atoms with E-state index in [0.717, 1.165) is 17.9 Å². The SMILES string of the molecule is CCCCSCCCC(=O)Nc1ccc(C#N)cc1. The molecule has 102 valence electrons. The van der Waals surface area contributed by atoms with E-state index in [1.54, 1.807) is 24.3 Å². The highest BCUT2D eigenvalue weighted by Gasteiger charge is 2.02. The molecule has 0 aliphatic rings. The van der Waals surface area contributed by atoms with Crippen LogP contribution in [0.25, 0.3) is 0 Å². The van der Waals surface area contributed by atoms with Gasteiger partial charge in [-0.1, -0.05) is 13.3 Å². The lowest BCUT2D eigenvalue weighted by molar-refractivity contribution is -0.116. The summed E-state index contributed by atoms with van der Waals surface area (Å²) < 4.78 is 0. The van der Waals surface area contributed by atoms with Gasteiger partial charge in [0.1, 0.15) is 0 Å². The Balaban J connectivity index is 2.18. The Labute approximate surface area is 119 Å². The van der Waals surface area contributed by atoms with E-state index in [1.807, 2.05) is 11.8 Å². The number of carbonyl (C=O) groups excluding carboxylic acids is 1. The van der Waals surface area contributed by atoms with Gasteiger partial charge in [0.2, 0.25) is 5.91 Å². The summed E-state index contributed by atoms with van der Waals surface area (Å²) in [5, 5.41) is 11.5. The largest absolute Gasteiger partial charge is 0.326 e. The third-order valence-corrected chi connectivity index (χ3v) is 3.79. The molecule has 0 aliphatic heterocycles. The van der Waals surface area contributed by atoms with Gasteiger partial charge in [0, 0.05) is 12.1 Å². The first-order valence-electron chi connectivity index (χ1n) is 6.64. The third kappa shape index (κ3) is 6.88. The number of hydrogen-bond acceptors (Lipinski definition) is 3. The lowest BCUT2D eigenvalue weighted by atomic mass is 10.2. The van der Waals surface area contributed by atoms with Gasteiger partial charge in [0.25, 0.3) is 0 Å². The molecule has 0 saturated heterocycles. The highest BCUT2D eigenvalue weighted by Crippen LogP contribution is 2.11. The van der Waals surface area contributed by atoms with Gasteiger partial charge in [-0.25, -0.2) is 0 Å². The number of nitriles is 1. The number of benzene rings is 1. The molecular formula is C15H20N2OS. The number of carbonyl (C=O) groups is 1. The van der Waals surface area contributed by atoms with Crippen molar-refractivity contribution in [3.05, 3.63) is 29.8 Å². The summed E-state index contributed by atoms with van der Waals surface area (Å²) in [4.78, 5) is 11.7. The van der Waals surface area contributed by atoms with Gasteiger partial charge in [-0.3, -0.25) is 4.79 Å². The summed E-state index contributed by atoms with van der Waals surface area (Å²) in [7, 11) is 0. The third-order valence-electron chi connectivity index (χ3n) is 2.63. The minimum absolute atomic E-state index is 0.0424. The number of nitrogens with one attached hydrogen (secondary N) is 1. The molecule has 19 heavy (non-hydrogen) atoms. The number of thioether (sulfide) groups is 1. The first-order valence-corrected chi connectivity index (χ1v) is 7.79. The molecule has 4 heteroatoms. The number of nitrogens with zero attached hydrogens (tertiary/aromatic N) is 1. The molecule has 0 aliphatic carbocycles. The molecule has 1 amide bonds. The standard InChI is InChI=1S/C15H20N2OS/c1-2-3-10-19-11-4-5-15(18)17-14-8-6-13(12-16)7-9-14/h6-9H,2-5,10-11H2,1H3,(H,17,18). The molecule has 3 nitrogen and oxygen atoms in total. The zero-order valence-electron chi connectivity index (χ0n) is 11.3. The van der Waals surface area contributed by atoms with Crippen molar-refractivity contribution in [2.24, 2.45) is 0 Å². The molecular weight excluding hydrogens is 256 g/mol. The second-order valence-corrected chi connectivity index (χ2v) is 5.53. The van der Waals surface area contributed by atoms with Crippen LogP contribution in [0.2, 0.25) is 0 Å². The van der Waals surface area contributed by atoms with E-state index < -0.39 is 0 Å². The van der Waals surface area contributed by atoms with Gasteiger partial charge in [-0.15, -0.1) is 0 Å². The van der Waals surface area contributed by atoms with Gasteiger partial charge in [-0.05, 0) is 48.6 Å². The van der Waals surface area contributed by atoms with Crippen LogP contribution in [0.4, 0.5) is 5.69 Å². The number of rotatable bonds is 8. The molecule has 1 rings (SSSR count). The molecule has 0 unspecified atom stereocenters. The maximum Gasteiger partial charge on any atom is 0.224 e. The number of amides is 1. The second-order valence-electron chi connectivity index (χ2n) is 4.31. The Kier molecular flexibility index (Phi) is 7.76. The molecule has 0 radical (unpaired) electrons. The van der Waals surface area contributed by atoms with Crippen molar-refractivity contribution >= 4 is 23.4 Å². The van der Waals surface area contributed by atoms with Gasteiger partial charge in [0.15, 0.2) is 0 Å². The number of anilines is 1. The van der Waals surface area contributed by atoms with Crippen LogP contribution in [-0.4, -0.2) is 17.4 Å². The predicted molar refractivity (Wildman–Crippen MR) is 81.3 cm³/mol. The molecule has 0 fully saturated rings. The van der Waals surface area contributed by atoms with E-state index in [4.69, 9.17) is 5.26 Å². The molecule has 1 aromatic carbocycles. The summed E-state index contributed by atoms with van der Waals surface area (Å²) in [5.74, 6) is 2.27. The Morgan fingerprint density at radius 1 is 1.26 bits per heavy atom.